The van der Waals surface area contributed by atoms with Gasteiger partial charge in [-0.1, -0.05) is 34.1 Å². The maximum atomic E-state index is 6.23. The van der Waals surface area contributed by atoms with Gasteiger partial charge in [-0.25, -0.2) is 0 Å². The fourth-order valence-electron chi connectivity index (χ4n) is 6.86. The number of hydrogen-bond acceptors (Lipinski definition) is 1. The molecule has 0 heterocycles. The number of rotatable bonds is 2. The van der Waals surface area contributed by atoms with Crippen molar-refractivity contribution in [3.05, 3.63) is 0 Å². The smallest absolute Gasteiger partial charge is 0.00203 e. The van der Waals surface area contributed by atoms with Crippen molar-refractivity contribution in [1.82, 2.24) is 0 Å². The van der Waals surface area contributed by atoms with Crippen molar-refractivity contribution in [3.8, 4) is 0 Å². The molecule has 6 atom stereocenters. The van der Waals surface area contributed by atoms with Crippen LogP contribution in [0.2, 0.25) is 0 Å². The lowest BCUT2D eigenvalue weighted by Crippen LogP contribution is -2.55. The zero-order chi connectivity index (χ0) is 15.3. The molecule has 3 saturated carbocycles. The second-order valence-corrected chi connectivity index (χ2v) is 9.53. The lowest BCUT2D eigenvalue weighted by molar-refractivity contribution is -0.119. The quantitative estimate of drug-likeness (QED) is 0.739. The Bertz CT molecular complexity index is 376. The lowest BCUT2D eigenvalue weighted by Gasteiger charge is -2.62. The molecule has 6 unspecified atom stereocenters. The van der Waals surface area contributed by atoms with Crippen LogP contribution in [0.1, 0.15) is 79.1 Å². The maximum Gasteiger partial charge on any atom is -0.00203 e. The van der Waals surface area contributed by atoms with Gasteiger partial charge < -0.3 is 5.73 Å². The molecule has 0 bridgehead atoms. The molecule has 122 valence electrons. The minimum Gasteiger partial charge on any atom is -0.330 e. The van der Waals surface area contributed by atoms with E-state index in [2.05, 4.69) is 27.7 Å². The first-order valence-corrected chi connectivity index (χ1v) is 9.61. The largest absolute Gasteiger partial charge is 0.330 e. The summed E-state index contributed by atoms with van der Waals surface area (Å²) in [6.07, 6.45) is 11.7. The van der Waals surface area contributed by atoms with Gasteiger partial charge in [0.25, 0.3) is 0 Å². The van der Waals surface area contributed by atoms with Crippen LogP contribution in [-0.4, -0.2) is 6.54 Å². The van der Waals surface area contributed by atoms with E-state index >= 15 is 0 Å². The fourth-order valence-corrected chi connectivity index (χ4v) is 6.86. The molecule has 21 heavy (non-hydrogen) atoms. The molecule has 0 amide bonds. The van der Waals surface area contributed by atoms with Crippen LogP contribution in [0.15, 0.2) is 0 Å². The summed E-state index contributed by atoms with van der Waals surface area (Å²) in [4.78, 5) is 0. The normalized spacial score (nSPS) is 50.6. The Kier molecular flexibility index (Phi) is 4.19. The van der Waals surface area contributed by atoms with Crippen LogP contribution in [0, 0.1) is 40.4 Å². The van der Waals surface area contributed by atoms with Crippen LogP contribution < -0.4 is 5.73 Å². The van der Waals surface area contributed by atoms with E-state index in [9.17, 15) is 0 Å². The summed E-state index contributed by atoms with van der Waals surface area (Å²) in [6, 6.07) is 0. The van der Waals surface area contributed by atoms with Gasteiger partial charge in [-0.15, -0.1) is 0 Å². The number of nitrogens with two attached hydrogens (primary N) is 1. The van der Waals surface area contributed by atoms with E-state index in [0.29, 0.717) is 10.8 Å². The molecule has 2 N–H and O–H groups in total. The Morgan fingerprint density at radius 1 is 1.05 bits per heavy atom. The molecule has 3 rings (SSSR count). The lowest BCUT2D eigenvalue weighted by atomic mass is 9.43. The Morgan fingerprint density at radius 2 is 1.81 bits per heavy atom. The number of hydrogen-bond donors (Lipinski definition) is 1. The van der Waals surface area contributed by atoms with E-state index in [0.717, 1.165) is 36.1 Å². The van der Waals surface area contributed by atoms with Gasteiger partial charge in [0.2, 0.25) is 0 Å². The van der Waals surface area contributed by atoms with Crippen molar-refractivity contribution in [3.63, 3.8) is 0 Å². The molecule has 0 saturated heterocycles. The van der Waals surface area contributed by atoms with Crippen LogP contribution in [0.25, 0.3) is 0 Å². The maximum absolute atomic E-state index is 6.23. The Hall–Kier alpha value is -0.0400. The second kappa shape index (κ2) is 5.55. The summed E-state index contributed by atoms with van der Waals surface area (Å²) in [6.45, 7) is 10.9. The summed E-state index contributed by atoms with van der Waals surface area (Å²) in [5, 5.41) is 0. The third-order valence-corrected chi connectivity index (χ3v) is 8.21. The summed E-state index contributed by atoms with van der Waals surface area (Å²) in [7, 11) is 0. The molecule has 0 aromatic heterocycles. The summed E-state index contributed by atoms with van der Waals surface area (Å²) in [5.74, 6) is 4.79. The Balaban J connectivity index is 1.82. The number of fused-ring (bicyclic) bond motifs is 3. The van der Waals surface area contributed by atoms with E-state index in [1.807, 2.05) is 0 Å². The minimum absolute atomic E-state index is 0.423. The first-order chi connectivity index (χ1) is 9.90. The predicted molar refractivity (Wildman–Crippen MR) is 91.0 cm³/mol. The highest BCUT2D eigenvalue weighted by molar-refractivity contribution is 5.06. The molecule has 1 heteroatoms. The standard InChI is InChI=1S/C20H37N/c1-14(2)15-6-8-17-16(12-15)7-9-18-19(3,13-21)10-5-11-20(17,18)4/h14-18H,5-13,21H2,1-4H3. The molecule has 3 aliphatic rings. The summed E-state index contributed by atoms with van der Waals surface area (Å²) >= 11 is 0. The van der Waals surface area contributed by atoms with Gasteiger partial charge in [0.15, 0.2) is 0 Å². The average molecular weight is 292 g/mol. The van der Waals surface area contributed by atoms with Gasteiger partial charge in [0, 0.05) is 0 Å². The Morgan fingerprint density at radius 3 is 2.48 bits per heavy atom. The third kappa shape index (κ3) is 2.48. The van der Waals surface area contributed by atoms with E-state index in [1.165, 1.54) is 51.4 Å². The van der Waals surface area contributed by atoms with Crippen LogP contribution >= 0.6 is 0 Å². The van der Waals surface area contributed by atoms with Gasteiger partial charge in [-0.05, 0) is 91.9 Å². The van der Waals surface area contributed by atoms with E-state index in [-0.39, 0.29) is 0 Å². The second-order valence-electron chi connectivity index (χ2n) is 9.53. The average Bonchev–Trinajstić information content (AvgIpc) is 2.46. The molecular weight excluding hydrogens is 254 g/mol. The van der Waals surface area contributed by atoms with E-state index in [1.54, 1.807) is 0 Å². The van der Waals surface area contributed by atoms with Crippen LogP contribution in [-0.2, 0) is 0 Å². The molecule has 3 aliphatic carbocycles. The van der Waals surface area contributed by atoms with Gasteiger partial charge in [-0.2, -0.15) is 0 Å². The highest BCUT2D eigenvalue weighted by Gasteiger charge is 2.56. The summed E-state index contributed by atoms with van der Waals surface area (Å²) < 4.78 is 0. The zero-order valence-corrected chi connectivity index (χ0v) is 14.8. The van der Waals surface area contributed by atoms with Crippen molar-refractivity contribution >= 4 is 0 Å². The van der Waals surface area contributed by atoms with E-state index < -0.39 is 0 Å². The SMILES string of the molecule is CC(C)C1CCC2C(CCC3C(C)(CN)CCCC23C)C1. The van der Waals surface area contributed by atoms with Gasteiger partial charge in [0.1, 0.15) is 0 Å². The first kappa shape index (κ1) is 15.8. The highest BCUT2D eigenvalue weighted by atomic mass is 14.7. The summed E-state index contributed by atoms with van der Waals surface area (Å²) in [5.41, 5.74) is 7.25. The molecular formula is C20H37N. The minimum atomic E-state index is 0.423. The van der Waals surface area contributed by atoms with Gasteiger partial charge >= 0.3 is 0 Å². The topological polar surface area (TPSA) is 26.0 Å². The fraction of sp³-hybridized carbons (Fsp3) is 1.00. The molecule has 3 fully saturated rings. The predicted octanol–water partition coefficient (Wildman–Crippen LogP) is 5.24. The van der Waals surface area contributed by atoms with Crippen LogP contribution in [0.5, 0.6) is 0 Å². The van der Waals surface area contributed by atoms with Crippen molar-refractivity contribution < 1.29 is 0 Å². The van der Waals surface area contributed by atoms with Gasteiger partial charge in [0.05, 0.1) is 0 Å². The highest BCUT2D eigenvalue weighted by Crippen LogP contribution is 2.64. The molecule has 0 spiro atoms. The Labute approximate surface area is 132 Å². The van der Waals surface area contributed by atoms with Crippen molar-refractivity contribution in [2.45, 2.75) is 79.1 Å². The van der Waals surface area contributed by atoms with Gasteiger partial charge in [-0.3, -0.25) is 0 Å². The molecule has 1 nitrogen and oxygen atoms in total. The molecule has 0 radical (unpaired) electrons. The monoisotopic (exact) mass is 291 g/mol. The van der Waals surface area contributed by atoms with Crippen molar-refractivity contribution in [2.75, 3.05) is 6.54 Å². The van der Waals surface area contributed by atoms with E-state index in [4.69, 9.17) is 5.73 Å². The third-order valence-electron chi connectivity index (χ3n) is 8.21. The molecule has 0 aliphatic heterocycles. The van der Waals surface area contributed by atoms with Crippen LogP contribution in [0.3, 0.4) is 0 Å². The van der Waals surface area contributed by atoms with Crippen LogP contribution in [0.4, 0.5) is 0 Å². The molecule has 0 aromatic carbocycles. The molecule has 0 aromatic rings. The first-order valence-electron chi connectivity index (χ1n) is 9.61. The van der Waals surface area contributed by atoms with Crippen molar-refractivity contribution in [1.29, 1.82) is 0 Å². The zero-order valence-electron chi connectivity index (χ0n) is 14.8. The van der Waals surface area contributed by atoms with Crippen molar-refractivity contribution in [2.24, 2.45) is 46.2 Å².